The van der Waals surface area contributed by atoms with Gasteiger partial charge in [0.05, 0.1) is 5.69 Å². The van der Waals surface area contributed by atoms with Crippen LogP contribution in [0.5, 0.6) is 0 Å². The van der Waals surface area contributed by atoms with Crippen LogP contribution < -0.4 is 5.32 Å². The predicted octanol–water partition coefficient (Wildman–Crippen LogP) is 3.34. The molecule has 1 N–H and O–H groups in total. The first-order valence-electron chi connectivity index (χ1n) is 7.71. The van der Waals surface area contributed by atoms with E-state index in [0.29, 0.717) is 6.04 Å². The summed E-state index contributed by atoms with van der Waals surface area (Å²) in [7, 11) is 2.03. The smallest absolute Gasteiger partial charge is 0.0641 e. The summed E-state index contributed by atoms with van der Waals surface area (Å²) in [6, 6.07) is 0.703. The second-order valence-corrected chi connectivity index (χ2v) is 6.51. The van der Waals surface area contributed by atoms with E-state index in [2.05, 4.69) is 38.1 Å². The molecule has 1 aliphatic rings. The van der Waals surface area contributed by atoms with Gasteiger partial charge in [-0.1, -0.05) is 13.8 Å². The average Bonchev–Trinajstić information content (AvgIpc) is 2.62. The lowest BCUT2D eigenvalue weighted by Gasteiger charge is -2.31. The molecule has 0 amide bonds. The van der Waals surface area contributed by atoms with Gasteiger partial charge < -0.3 is 5.32 Å². The first-order valence-corrected chi connectivity index (χ1v) is 7.71. The third-order valence-corrected chi connectivity index (χ3v) is 4.94. The average molecular weight is 263 g/mol. The molecule has 0 spiro atoms. The molecule has 1 aromatic heterocycles. The van der Waals surface area contributed by atoms with E-state index in [4.69, 9.17) is 0 Å². The third-order valence-electron chi connectivity index (χ3n) is 4.94. The maximum atomic E-state index is 4.49. The zero-order valence-electron chi connectivity index (χ0n) is 13.2. The van der Waals surface area contributed by atoms with Crippen molar-refractivity contribution < 1.29 is 0 Å². The van der Waals surface area contributed by atoms with Crippen molar-refractivity contribution in [3.05, 3.63) is 17.0 Å². The molecule has 0 saturated heterocycles. The Kier molecular flexibility index (Phi) is 4.67. The Morgan fingerprint density at radius 2 is 1.84 bits per heavy atom. The summed E-state index contributed by atoms with van der Waals surface area (Å²) in [5.74, 6) is 1.80. The maximum absolute atomic E-state index is 4.49. The van der Waals surface area contributed by atoms with Crippen molar-refractivity contribution in [3.63, 3.8) is 0 Å². The van der Waals surface area contributed by atoms with Gasteiger partial charge in [0.25, 0.3) is 0 Å². The van der Waals surface area contributed by atoms with E-state index < -0.39 is 0 Å². The van der Waals surface area contributed by atoms with Crippen LogP contribution in [-0.2, 0) is 13.6 Å². The molecule has 0 bridgehead atoms. The van der Waals surface area contributed by atoms with E-state index in [-0.39, 0.29) is 0 Å². The minimum Gasteiger partial charge on any atom is -0.310 e. The van der Waals surface area contributed by atoms with Crippen molar-refractivity contribution in [2.75, 3.05) is 0 Å². The Morgan fingerprint density at radius 3 is 2.32 bits per heavy atom. The van der Waals surface area contributed by atoms with Gasteiger partial charge in [0, 0.05) is 30.9 Å². The van der Waals surface area contributed by atoms with Gasteiger partial charge in [-0.15, -0.1) is 0 Å². The molecule has 0 atom stereocenters. The first kappa shape index (κ1) is 14.6. The highest BCUT2D eigenvalue weighted by Crippen LogP contribution is 2.30. The van der Waals surface area contributed by atoms with Crippen LogP contribution in [0.15, 0.2) is 0 Å². The Hall–Kier alpha value is -0.830. The monoisotopic (exact) mass is 263 g/mol. The minimum atomic E-state index is 0.703. The number of hydrogen-bond acceptors (Lipinski definition) is 2. The summed E-state index contributed by atoms with van der Waals surface area (Å²) < 4.78 is 1.99. The summed E-state index contributed by atoms with van der Waals surface area (Å²) in [6.45, 7) is 9.97. The van der Waals surface area contributed by atoms with Crippen molar-refractivity contribution >= 4 is 0 Å². The van der Waals surface area contributed by atoms with Gasteiger partial charge in [-0.3, -0.25) is 4.68 Å². The standard InChI is InChI=1S/C16H29N3/c1-11(2)14-6-8-15(9-7-14)17-10-16-12(3)18-19(5)13(16)4/h11,14-15,17H,6-10H2,1-5H3. The molecule has 2 rings (SSSR count). The van der Waals surface area contributed by atoms with E-state index in [0.717, 1.165) is 18.4 Å². The van der Waals surface area contributed by atoms with E-state index in [1.54, 1.807) is 0 Å². The fraction of sp³-hybridized carbons (Fsp3) is 0.812. The Balaban J connectivity index is 1.84. The molecule has 0 radical (unpaired) electrons. The number of nitrogens with one attached hydrogen (secondary N) is 1. The van der Waals surface area contributed by atoms with E-state index in [9.17, 15) is 0 Å². The van der Waals surface area contributed by atoms with Crippen molar-refractivity contribution in [3.8, 4) is 0 Å². The molecule has 1 fully saturated rings. The fourth-order valence-corrected chi connectivity index (χ4v) is 3.31. The van der Waals surface area contributed by atoms with Crippen LogP contribution in [0.2, 0.25) is 0 Å². The summed E-state index contributed by atoms with van der Waals surface area (Å²) in [5, 5.41) is 8.23. The van der Waals surface area contributed by atoms with Crippen molar-refractivity contribution in [2.45, 2.75) is 66.0 Å². The first-order chi connectivity index (χ1) is 8.99. The van der Waals surface area contributed by atoms with Crippen LogP contribution >= 0.6 is 0 Å². The van der Waals surface area contributed by atoms with Crippen LogP contribution in [0.4, 0.5) is 0 Å². The number of rotatable bonds is 4. The molecule has 1 saturated carbocycles. The molecule has 1 aromatic rings. The largest absolute Gasteiger partial charge is 0.310 e. The number of aryl methyl sites for hydroxylation is 2. The second-order valence-electron chi connectivity index (χ2n) is 6.51. The molecule has 108 valence electrons. The third kappa shape index (κ3) is 3.38. The molecule has 0 aliphatic heterocycles. The SMILES string of the molecule is Cc1nn(C)c(C)c1CNC1CCC(C(C)C)CC1. The molecule has 0 unspecified atom stereocenters. The molecular formula is C16H29N3. The highest BCUT2D eigenvalue weighted by atomic mass is 15.3. The molecule has 1 aliphatic carbocycles. The minimum absolute atomic E-state index is 0.703. The normalized spacial score (nSPS) is 24.1. The quantitative estimate of drug-likeness (QED) is 0.903. The Morgan fingerprint density at radius 1 is 1.21 bits per heavy atom. The van der Waals surface area contributed by atoms with E-state index in [1.807, 2.05) is 11.7 Å². The Bertz CT molecular complexity index is 412. The number of aromatic nitrogens is 2. The van der Waals surface area contributed by atoms with Crippen LogP contribution in [0.1, 0.15) is 56.5 Å². The predicted molar refractivity (Wildman–Crippen MR) is 80.1 cm³/mol. The van der Waals surface area contributed by atoms with Crippen LogP contribution in [0.25, 0.3) is 0 Å². The van der Waals surface area contributed by atoms with E-state index >= 15 is 0 Å². The van der Waals surface area contributed by atoms with Crippen molar-refractivity contribution in [1.29, 1.82) is 0 Å². The molecule has 1 heterocycles. The van der Waals surface area contributed by atoms with Gasteiger partial charge in [-0.2, -0.15) is 5.10 Å². The van der Waals surface area contributed by atoms with Crippen molar-refractivity contribution in [1.82, 2.24) is 15.1 Å². The zero-order chi connectivity index (χ0) is 14.0. The van der Waals surface area contributed by atoms with Gasteiger partial charge >= 0.3 is 0 Å². The van der Waals surface area contributed by atoms with Crippen LogP contribution in [0.3, 0.4) is 0 Å². The van der Waals surface area contributed by atoms with Crippen LogP contribution in [0, 0.1) is 25.7 Å². The van der Waals surface area contributed by atoms with Gasteiger partial charge in [0.2, 0.25) is 0 Å². The van der Waals surface area contributed by atoms with Crippen molar-refractivity contribution in [2.24, 2.45) is 18.9 Å². The van der Waals surface area contributed by atoms with Gasteiger partial charge in [-0.05, 0) is 51.4 Å². The number of hydrogen-bond donors (Lipinski definition) is 1. The highest BCUT2D eigenvalue weighted by Gasteiger charge is 2.23. The molecule has 19 heavy (non-hydrogen) atoms. The Labute approximate surface area is 117 Å². The summed E-state index contributed by atoms with van der Waals surface area (Å²) in [5.41, 5.74) is 3.85. The summed E-state index contributed by atoms with van der Waals surface area (Å²) in [4.78, 5) is 0. The zero-order valence-corrected chi connectivity index (χ0v) is 13.2. The molecular weight excluding hydrogens is 234 g/mol. The van der Waals surface area contributed by atoms with E-state index in [1.165, 1.54) is 42.6 Å². The second kappa shape index (κ2) is 6.08. The van der Waals surface area contributed by atoms with Gasteiger partial charge in [0.1, 0.15) is 0 Å². The lowest BCUT2D eigenvalue weighted by atomic mass is 9.79. The summed E-state index contributed by atoms with van der Waals surface area (Å²) in [6.07, 6.45) is 5.45. The molecule has 3 nitrogen and oxygen atoms in total. The maximum Gasteiger partial charge on any atom is 0.0641 e. The lowest BCUT2D eigenvalue weighted by molar-refractivity contribution is 0.238. The number of nitrogens with zero attached hydrogens (tertiary/aromatic N) is 2. The van der Waals surface area contributed by atoms with Gasteiger partial charge in [0.15, 0.2) is 0 Å². The fourth-order valence-electron chi connectivity index (χ4n) is 3.31. The van der Waals surface area contributed by atoms with Crippen LogP contribution in [-0.4, -0.2) is 15.8 Å². The molecule has 3 heteroatoms. The lowest BCUT2D eigenvalue weighted by Crippen LogP contribution is -2.34. The summed E-state index contributed by atoms with van der Waals surface area (Å²) >= 11 is 0. The molecule has 0 aromatic carbocycles. The van der Waals surface area contributed by atoms with Gasteiger partial charge in [-0.25, -0.2) is 0 Å². The topological polar surface area (TPSA) is 29.9 Å². The highest BCUT2D eigenvalue weighted by molar-refractivity contribution is 5.24.